The van der Waals surface area contributed by atoms with E-state index in [1.165, 1.54) is 6.20 Å². The molecular formula is C33H28N4O6. The van der Waals surface area contributed by atoms with E-state index in [9.17, 15) is 24.3 Å². The molecule has 1 aromatic heterocycles. The Bertz CT molecular complexity index is 1640. The van der Waals surface area contributed by atoms with Crippen LogP contribution in [0.25, 0.3) is 0 Å². The number of aromatic nitrogens is 1. The Morgan fingerprint density at radius 3 is 2.23 bits per heavy atom. The van der Waals surface area contributed by atoms with Gasteiger partial charge in [0.15, 0.2) is 6.04 Å². The van der Waals surface area contributed by atoms with Crippen LogP contribution in [0.15, 0.2) is 114 Å². The van der Waals surface area contributed by atoms with Gasteiger partial charge < -0.3 is 15.2 Å². The molecule has 10 nitrogen and oxygen atoms in total. The first-order valence-electron chi connectivity index (χ1n) is 13.6. The zero-order chi connectivity index (χ0) is 30.2. The molecule has 2 N–H and O–H groups in total. The van der Waals surface area contributed by atoms with Gasteiger partial charge >= 0.3 is 12.1 Å². The Labute approximate surface area is 247 Å². The summed E-state index contributed by atoms with van der Waals surface area (Å²) in [5.41, 5.74) is 2.57. The number of pyridine rings is 1. The molecule has 3 amide bonds. The Kier molecular flexibility index (Phi) is 8.96. The maximum atomic E-state index is 13.2. The van der Waals surface area contributed by atoms with Crippen LogP contribution in [0.2, 0.25) is 0 Å². The third-order valence-corrected chi connectivity index (χ3v) is 6.96. The highest BCUT2D eigenvalue weighted by atomic mass is 16.6. The Balaban J connectivity index is 1.60. The summed E-state index contributed by atoms with van der Waals surface area (Å²) in [7, 11) is 0. The minimum atomic E-state index is -1.43. The SMILES string of the molecule is O=C(Nc1ccccc1C(=N[C@H](C(=O)O)[C@@H](CC(=O)N1CCOC1=O)c1ccccc1)c1ccccc1)c1ccccn1. The average molecular weight is 577 g/mol. The molecule has 2 heterocycles. The minimum absolute atomic E-state index is 0.0836. The molecule has 1 saturated heterocycles. The molecule has 4 aromatic rings. The number of carbonyl (C=O) groups is 4. The normalized spacial score (nSPS) is 14.5. The van der Waals surface area contributed by atoms with Crippen LogP contribution in [0.3, 0.4) is 0 Å². The Morgan fingerprint density at radius 2 is 1.58 bits per heavy atom. The number of ether oxygens (including phenoxy) is 1. The van der Waals surface area contributed by atoms with Crippen molar-refractivity contribution in [1.82, 2.24) is 9.88 Å². The van der Waals surface area contributed by atoms with E-state index in [-0.39, 0.29) is 25.3 Å². The number of cyclic esters (lactones) is 1. The summed E-state index contributed by atoms with van der Waals surface area (Å²) >= 11 is 0. The van der Waals surface area contributed by atoms with Crippen molar-refractivity contribution in [2.75, 3.05) is 18.5 Å². The number of amides is 3. The number of aliphatic carboxylic acids is 1. The number of anilines is 1. The van der Waals surface area contributed by atoms with Crippen LogP contribution in [-0.4, -0.2) is 63.8 Å². The molecule has 1 aliphatic heterocycles. The number of rotatable bonds is 10. The minimum Gasteiger partial charge on any atom is -0.480 e. The number of nitrogens with one attached hydrogen (secondary N) is 1. The summed E-state index contributed by atoms with van der Waals surface area (Å²) in [6.07, 6.45) is 0.469. The fraction of sp³-hybridized carbons (Fsp3) is 0.152. The second-order valence-electron chi connectivity index (χ2n) is 9.72. The molecule has 216 valence electrons. The highest BCUT2D eigenvalue weighted by molar-refractivity contribution is 6.18. The molecule has 2 atom stereocenters. The number of para-hydroxylation sites is 1. The number of nitrogens with zero attached hydrogens (tertiary/aromatic N) is 3. The van der Waals surface area contributed by atoms with E-state index in [1.807, 2.05) is 6.07 Å². The van der Waals surface area contributed by atoms with Crippen LogP contribution in [-0.2, 0) is 14.3 Å². The predicted molar refractivity (Wildman–Crippen MR) is 159 cm³/mol. The molecule has 1 aliphatic rings. The third-order valence-electron chi connectivity index (χ3n) is 6.96. The van der Waals surface area contributed by atoms with Gasteiger partial charge in [0.25, 0.3) is 5.91 Å². The number of benzene rings is 3. The van der Waals surface area contributed by atoms with Gasteiger partial charge in [-0.3, -0.25) is 19.6 Å². The quantitative estimate of drug-likeness (QED) is 0.259. The van der Waals surface area contributed by atoms with E-state index >= 15 is 0 Å². The lowest BCUT2D eigenvalue weighted by Crippen LogP contribution is -2.36. The van der Waals surface area contributed by atoms with Gasteiger partial charge in [0.2, 0.25) is 5.91 Å². The number of imide groups is 1. The van der Waals surface area contributed by atoms with Crippen LogP contribution in [0.4, 0.5) is 10.5 Å². The molecule has 0 radical (unpaired) electrons. The number of hydrogen-bond acceptors (Lipinski definition) is 7. The number of hydrogen-bond donors (Lipinski definition) is 2. The molecule has 0 unspecified atom stereocenters. The van der Waals surface area contributed by atoms with Gasteiger partial charge in [0.1, 0.15) is 12.3 Å². The van der Waals surface area contributed by atoms with E-state index in [1.54, 1.807) is 97.1 Å². The van der Waals surface area contributed by atoms with Gasteiger partial charge in [-0.1, -0.05) is 84.9 Å². The molecule has 0 bridgehead atoms. The first kappa shape index (κ1) is 28.9. The number of aliphatic imine (C=N–C) groups is 1. The van der Waals surface area contributed by atoms with Crippen molar-refractivity contribution < 1.29 is 29.0 Å². The van der Waals surface area contributed by atoms with Crippen molar-refractivity contribution in [2.24, 2.45) is 4.99 Å². The predicted octanol–water partition coefficient (Wildman–Crippen LogP) is 4.78. The average Bonchev–Trinajstić information content (AvgIpc) is 3.48. The van der Waals surface area contributed by atoms with Crippen LogP contribution in [0, 0.1) is 0 Å². The lowest BCUT2D eigenvalue weighted by molar-refractivity contribution is -0.139. The van der Waals surface area contributed by atoms with Crippen molar-refractivity contribution in [2.45, 2.75) is 18.4 Å². The summed E-state index contributed by atoms with van der Waals surface area (Å²) < 4.78 is 4.92. The zero-order valence-electron chi connectivity index (χ0n) is 23.0. The molecule has 0 saturated carbocycles. The molecule has 5 rings (SSSR count). The molecule has 10 heteroatoms. The van der Waals surface area contributed by atoms with Crippen LogP contribution in [0.5, 0.6) is 0 Å². The van der Waals surface area contributed by atoms with Crippen molar-refractivity contribution >= 4 is 35.3 Å². The van der Waals surface area contributed by atoms with Crippen LogP contribution >= 0.6 is 0 Å². The van der Waals surface area contributed by atoms with Crippen molar-refractivity contribution in [3.05, 3.63) is 132 Å². The lowest BCUT2D eigenvalue weighted by atomic mass is 9.87. The first-order valence-corrected chi connectivity index (χ1v) is 13.6. The van der Waals surface area contributed by atoms with Crippen molar-refractivity contribution in [3.63, 3.8) is 0 Å². The van der Waals surface area contributed by atoms with Gasteiger partial charge in [-0.15, -0.1) is 0 Å². The smallest absolute Gasteiger partial charge is 0.416 e. The highest BCUT2D eigenvalue weighted by Gasteiger charge is 2.36. The summed E-state index contributed by atoms with van der Waals surface area (Å²) in [6, 6.07) is 28.3. The standard InChI is InChI=1S/C33H28N4O6/c38-28(37-19-20-43-33(37)42)21-25(22-11-3-1-4-12-22)30(32(40)41)36-29(23-13-5-2-6-14-23)24-15-7-8-16-26(24)35-31(39)27-17-9-10-18-34-27/h1-18,25,30H,19-21H2,(H,35,39)(H,40,41)/t25-,30-/m0/s1. The van der Waals surface area contributed by atoms with Crippen molar-refractivity contribution in [3.8, 4) is 0 Å². The monoisotopic (exact) mass is 576 g/mol. The first-order chi connectivity index (χ1) is 20.9. The summed E-state index contributed by atoms with van der Waals surface area (Å²) in [4.78, 5) is 61.2. The zero-order valence-corrected chi connectivity index (χ0v) is 23.0. The second kappa shape index (κ2) is 13.3. The number of carboxylic acid groups (broad SMARTS) is 1. The van der Waals surface area contributed by atoms with Gasteiger partial charge in [-0.25, -0.2) is 14.5 Å². The van der Waals surface area contributed by atoms with Crippen molar-refractivity contribution in [1.29, 1.82) is 0 Å². The largest absolute Gasteiger partial charge is 0.480 e. The molecular weight excluding hydrogens is 548 g/mol. The van der Waals surface area contributed by atoms with E-state index in [2.05, 4.69) is 10.3 Å². The third kappa shape index (κ3) is 6.82. The topological polar surface area (TPSA) is 138 Å². The molecule has 1 fully saturated rings. The second-order valence-corrected chi connectivity index (χ2v) is 9.72. The molecule has 0 aliphatic carbocycles. The fourth-order valence-electron chi connectivity index (χ4n) is 4.86. The number of carbonyl (C=O) groups excluding carboxylic acids is 3. The molecule has 43 heavy (non-hydrogen) atoms. The van der Waals surface area contributed by atoms with Gasteiger partial charge in [0.05, 0.1) is 17.9 Å². The van der Waals surface area contributed by atoms with Crippen LogP contribution in [0.1, 0.15) is 39.5 Å². The highest BCUT2D eigenvalue weighted by Crippen LogP contribution is 2.30. The summed E-state index contributed by atoms with van der Waals surface area (Å²) in [6.45, 7) is 0.180. The van der Waals surface area contributed by atoms with Gasteiger partial charge in [-0.2, -0.15) is 0 Å². The molecule has 3 aromatic carbocycles. The van der Waals surface area contributed by atoms with E-state index in [0.717, 1.165) is 4.90 Å². The lowest BCUT2D eigenvalue weighted by Gasteiger charge is -2.24. The molecule has 0 spiro atoms. The van der Waals surface area contributed by atoms with E-state index < -0.39 is 35.8 Å². The summed E-state index contributed by atoms with van der Waals surface area (Å²) in [5, 5.41) is 13.4. The van der Waals surface area contributed by atoms with Gasteiger partial charge in [-0.05, 0) is 23.8 Å². The Morgan fingerprint density at radius 1 is 0.907 bits per heavy atom. The Hall–Kier alpha value is -5.64. The van der Waals surface area contributed by atoms with E-state index in [0.29, 0.717) is 28.1 Å². The van der Waals surface area contributed by atoms with Crippen LogP contribution < -0.4 is 5.32 Å². The summed E-state index contributed by atoms with van der Waals surface area (Å²) in [5.74, 6) is -3.18. The maximum absolute atomic E-state index is 13.2. The fourth-order valence-corrected chi connectivity index (χ4v) is 4.86. The van der Waals surface area contributed by atoms with Gasteiger partial charge in [0, 0.05) is 29.7 Å². The maximum Gasteiger partial charge on any atom is 0.416 e. The van der Waals surface area contributed by atoms with E-state index in [4.69, 9.17) is 9.73 Å². The number of carboxylic acids is 1.